The molecule has 6 heteroatoms. The molecule has 2 aromatic carbocycles. The topological polar surface area (TPSA) is 55.1 Å². The number of hydrogen-bond acceptors (Lipinski definition) is 2. The number of carbonyl (C=O) groups is 1. The predicted molar refractivity (Wildman–Crippen MR) is 77.9 cm³/mol. The number of amides is 1. The molecule has 98 valence electrons. The van der Waals surface area contributed by atoms with Gasteiger partial charge in [-0.15, -0.1) is 0 Å². The van der Waals surface area contributed by atoms with Gasteiger partial charge in [0.15, 0.2) is 0 Å². The van der Waals surface area contributed by atoms with E-state index in [0.29, 0.717) is 15.7 Å². The van der Waals surface area contributed by atoms with Crippen molar-refractivity contribution >= 4 is 44.8 Å². The number of halogens is 3. The first-order valence-electron chi connectivity index (χ1n) is 5.28. The summed E-state index contributed by atoms with van der Waals surface area (Å²) in [6, 6.07) is 8.80. The molecular formula is C13H9BrClFN2O. The fourth-order valence-electron chi connectivity index (χ4n) is 1.53. The number of nitrogens with two attached hydrogens (primary N) is 1. The molecule has 3 nitrogen and oxygen atoms in total. The third-order valence-corrected chi connectivity index (χ3v) is 3.05. The van der Waals surface area contributed by atoms with Gasteiger partial charge in [-0.05, 0) is 36.4 Å². The van der Waals surface area contributed by atoms with E-state index in [4.69, 9.17) is 17.3 Å². The Balaban J connectivity index is 2.25. The largest absolute Gasteiger partial charge is 0.399 e. The molecule has 0 spiro atoms. The third kappa shape index (κ3) is 3.45. The number of nitrogens with one attached hydrogen (secondary N) is 1. The van der Waals surface area contributed by atoms with Crippen LogP contribution < -0.4 is 11.1 Å². The van der Waals surface area contributed by atoms with E-state index in [1.54, 1.807) is 12.1 Å². The van der Waals surface area contributed by atoms with E-state index in [1.165, 1.54) is 18.2 Å². The van der Waals surface area contributed by atoms with Crippen molar-refractivity contribution in [3.8, 4) is 0 Å². The van der Waals surface area contributed by atoms with E-state index in [0.717, 1.165) is 6.07 Å². The molecular weight excluding hydrogens is 335 g/mol. The van der Waals surface area contributed by atoms with Crippen LogP contribution >= 0.6 is 27.5 Å². The molecule has 0 fully saturated rings. The zero-order valence-corrected chi connectivity index (χ0v) is 11.9. The fraction of sp³-hybridized carbons (Fsp3) is 0. The zero-order valence-electron chi connectivity index (χ0n) is 9.58. The summed E-state index contributed by atoms with van der Waals surface area (Å²) in [7, 11) is 0. The average Bonchev–Trinajstić information content (AvgIpc) is 2.31. The van der Waals surface area contributed by atoms with E-state index in [2.05, 4.69) is 21.2 Å². The molecule has 1 amide bonds. The van der Waals surface area contributed by atoms with Crippen molar-refractivity contribution in [2.75, 3.05) is 11.1 Å². The minimum absolute atomic E-state index is 0.0629. The molecule has 0 aromatic heterocycles. The minimum atomic E-state index is -0.594. The number of nitrogen functional groups attached to an aromatic ring is 1. The first-order chi connectivity index (χ1) is 8.95. The van der Waals surface area contributed by atoms with Gasteiger partial charge in [0.05, 0.1) is 5.69 Å². The van der Waals surface area contributed by atoms with Crippen LogP contribution in [-0.2, 0) is 0 Å². The molecule has 0 aliphatic carbocycles. The van der Waals surface area contributed by atoms with Gasteiger partial charge in [0.25, 0.3) is 5.91 Å². The number of carbonyl (C=O) groups excluding carboxylic acids is 1. The molecule has 0 atom stereocenters. The zero-order chi connectivity index (χ0) is 14.0. The lowest BCUT2D eigenvalue weighted by Crippen LogP contribution is -2.13. The quantitative estimate of drug-likeness (QED) is 0.807. The first-order valence-corrected chi connectivity index (χ1v) is 6.45. The Bertz CT molecular complexity index is 628. The lowest BCUT2D eigenvalue weighted by molar-refractivity contribution is 0.102. The van der Waals surface area contributed by atoms with E-state index < -0.39 is 11.7 Å². The van der Waals surface area contributed by atoms with Crippen LogP contribution in [0, 0.1) is 5.82 Å². The molecule has 3 N–H and O–H groups in total. The summed E-state index contributed by atoms with van der Waals surface area (Å²) in [5, 5.41) is 2.73. The Hall–Kier alpha value is -1.59. The summed E-state index contributed by atoms with van der Waals surface area (Å²) in [6.07, 6.45) is 0. The summed E-state index contributed by atoms with van der Waals surface area (Å²) in [6.45, 7) is 0. The van der Waals surface area contributed by atoms with Gasteiger partial charge in [-0.3, -0.25) is 4.79 Å². The van der Waals surface area contributed by atoms with Gasteiger partial charge in [-0.1, -0.05) is 27.5 Å². The van der Waals surface area contributed by atoms with Crippen LogP contribution in [-0.4, -0.2) is 5.91 Å². The van der Waals surface area contributed by atoms with Crippen LogP contribution in [0.25, 0.3) is 0 Å². The molecule has 2 rings (SSSR count). The van der Waals surface area contributed by atoms with Crippen molar-refractivity contribution in [1.82, 2.24) is 0 Å². The summed E-state index contributed by atoms with van der Waals surface area (Å²) < 4.78 is 14.2. The highest BCUT2D eigenvalue weighted by Gasteiger charge is 2.10. The molecule has 2 aromatic rings. The van der Waals surface area contributed by atoms with Crippen LogP contribution in [0.15, 0.2) is 40.9 Å². The second kappa shape index (κ2) is 5.59. The fourth-order valence-corrected chi connectivity index (χ4v) is 2.20. The van der Waals surface area contributed by atoms with E-state index in [-0.39, 0.29) is 10.7 Å². The molecule has 0 saturated heterocycles. The Morgan fingerprint density at radius 1 is 1.26 bits per heavy atom. The normalized spacial score (nSPS) is 10.3. The van der Waals surface area contributed by atoms with Crippen LogP contribution in [0.2, 0.25) is 5.02 Å². The highest BCUT2D eigenvalue weighted by atomic mass is 79.9. The Kier molecular flexibility index (Phi) is 4.07. The molecule has 0 heterocycles. The van der Waals surface area contributed by atoms with E-state index in [9.17, 15) is 9.18 Å². The molecule has 0 aliphatic heterocycles. The maximum atomic E-state index is 13.6. The highest BCUT2D eigenvalue weighted by Crippen LogP contribution is 2.21. The molecule has 0 unspecified atom stereocenters. The van der Waals surface area contributed by atoms with Crippen molar-refractivity contribution in [3.05, 3.63) is 57.3 Å². The van der Waals surface area contributed by atoms with E-state index >= 15 is 0 Å². The van der Waals surface area contributed by atoms with Gasteiger partial charge in [-0.2, -0.15) is 0 Å². The predicted octanol–water partition coefficient (Wildman–Crippen LogP) is 4.08. The third-order valence-electron chi connectivity index (χ3n) is 2.36. The van der Waals surface area contributed by atoms with Crippen molar-refractivity contribution in [2.24, 2.45) is 0 Å². The Labute approximate surface area is 122 Å². The highest BCUT2D eigenvalue weighted by molar-refractivity contribution is 9.10. The lowest BCUT2D eigenvalue weighted by atomic mass is 10.2. The summed E-state index contributed by atoms with van der Waals surface area (Å²) in [4.78, 5) is 12.0. The summed E-state index contributed by atoms with van der Waals surface area (Å²) in [5.74, 6) is -1.04. The van der Waals surface area contributed by atoms with Crippen LogP contribution in [0.5, 0.6) is 0 Å². The number of hydrogen-bond donors (Lipinski definition) is 2. The van der Waals surface area contributed by atoms with Gasteiger partial charge in [-0.25, -0.2) is 4.39 Å². The monoisotopic (exact) mass is 342 g/mol. The second-order valence-corrected chi connectivity index (χ2v) is 5.20. The summed E-state index contributed by atoms with van der Waals surface area (Å²) in [5.41, 5.74) is 6.48. The molecule has 0 radical (unpaired) electrons. The van der Waals surface area contributed by atoms with Crippen molar-refractivity contribution in [3.63, 3.8) is 0 Å². The minimum Gasteiger partial charge on any atom is -0.399 e. The molecule has 0 aliphatic rings. The Morgan fingerprint density at radius 2 is 2.00 bits per heavy atom. The van der Waals surface area contributed by atoms with E-state index in [1.807, 2.05) is 0 Å². The number of rotatable bonds is 2. The van der Waals surface area contributed by atoms with Crippen molar-refractivity contribution in [1.29, 1.82) is 0 Å². The molecule has 0 saturated carbocycles. The molecule has 0 bridgehead atoms. The maximum absolute atomic E-state index is 13.6. The van der Waals surface area contributed by atoms with Crippen molar-refractivity contribution in [2.45, 2.75) is 0 Å². The summed E-state index contributed by atoms with van der Waals surface area (Å²) >= 11 is 8.88. The van der Waals surface area contributed by atoms with Gasteiger partial charge >= 0.3 is 0 Å². The number of benzene rings is 2. The Morgan fingerprint density at radius 3 is 2.63 bits per heavy atom. The molecule has 19 heavy (non-hydrogen) atoms. The van der Waals surface area contributed by atoms with Gasteiger partial charge in [0, 0.05) is 20.7 Å². The first kappa shape index (κ1) is 13.8. The lowest BCUT2D eigenvalue weighted by Gasteiger charge is -2.07. The van der Waals surface area contributed by atoms with Gasteiger partial charge in [0.2, 0.25) is 0 Å². The maximum Gasteiger partial charge on any atom is 0.255 e. The standard InChI is InChI=1S/C13H9BrClFN2O/c14-8-3-7(4-10(17)5-8)13(19)18-12-2-1-9(15)6-11(12)16/h1-6H,17H2,(H,18,19). The van der Waals surface area contributed by atoms with Gasteiger partial charge in [0.1, 0.15) is 5.82 Å². The average molecular weight is 344 g/mol. The van der Waals surface area contributed by atoms with Crippen molar-refractivity contribution < 1.29 is 9.18 Å². The van der Waals surface area contributed by atoms with Crippen LogP contribution in [0.4, 0.5) is 15.8 Å². The van der Waals surface area contributed by atoms with Crippen LogP contribution in [0.1, 0.15) is 10.4 Å². The second-order valence-electron chi connectivity index (χ2n) is 3.85. The van der Waals surface area contributed by atoms with Gasteiger partial charge < -0.3 is 11.1 Å². The SMILES string of the molecule is Nc1cc(Br)cc(C(=O)Nc2ccc(Cl)cc2F)c1. The van der Waals surface area contributed by atoms with Crippen LogP contribution in [0.3, 0.4) is 0 Å². The smallest absolute Gasteiger partial charge is 0.255 e. The number of anilines is 2.